The summed E-state index contributed by atoms with van der Waals surface area (Å²) in [5.41, 5.74) is 4.22. The van der Waals surface area contributed by atoms with Gasteiger partial charge in [0, 0.05) is 0 Å². The Bertz CT molecular complexity index is 1330. The Morgan fingerprint density at radius 2 is 1.51 bits per heavy atom. The van der Waals surface area contributed by atoms with Gasteiger partial charge in [-0.25, -0.2) is 4.79 Å². The Morgan fingerprint density at radius 3 is 2.05 bits per heavy atom. The van der Waals surface area contributed by atoms with Gasteiger partial charge >= 0.3 is 5.97 Å². The highest BCUT2D eigenvalue weighted by Crippen LogP contribution is 2.62. The first-order valence-corrected chi connectivity index (χ1v) is 16.9. The number of rotatable bonds is 5. The first kappa shape index (κ1) is 24.7. The van der Waals surface area contributed by atoms with Crippen LogP contribution in [-0.4, -0.2) is 19.4 Å². The fourth-order valence-corrected chi connectivity index (χ4v) is 8.74. The Balaban J connectivity index is 1.53. The third-order valence-electron chi connectivity index (χ3n) is 10.2. The van der Waals surface area contributed by atoms with Gasteiger partial charge in [0.2, 0.25) is 8.32 Å². The molecule has 0 saturated heterocycles. The summed E-state index contributed by atoms with van der Waals surface area (Å²) in [6.45, 7) is 11.7. The zero-order valence-corrected chi connectivity index (χ0v) is 23.9. The van der Waals surface area contributed by atoms with Gasteiger partial charge in [0.25, 0.3) is 0 Å². The third kappa shape index (κ3) is 4.22. The lowest BCUT2D eigenvalue weighted by Gasteiger charge is -2.57. The maximum absolute atomic E-state index is 11.4. The summed E-state index contributed by atoms with van der Waals surface area (Å²) >= 11 is 0. The van der Waals surface area contributed by atoms with E-state index in [1.807, 2.05) is 12.1 Å². The van der Waals surface area contributed by atoms with Gasteiger partial charge in [0.05, 0.1) is 5.56 Å². The third-order valence-corrected chi connectivity index (χ3v) is 14.5. The van der Waals surface area contributed by atoms with Crippen molar-refractivity contribution in [3.8, 4) is 16.9 Å². The number of benzene rings is 3. The van der Waals surface area contributed by atoms with E-state index in [2.05, 4.69) is 64.2 Å². The average molecular weight is 513 g/mol. The van der Waals surface area contributed by atoms with Crippen molar-refractivity contribution >= 4 is 25.1 Å². The van der Waals surface area contributed by atoms with Gasteiger partial charge in [-0.2, -0.15) is 0 Å². The van der Waals surface area contributed by atoms with Crippen LogP contribution in [0.3, 0.4) is 0 Å². The van der Waals surface area contributed by atoms with Crippen LogP contribution in [0.5, 0.6) is 5.75 Å². The molecule has 7 rings (SSSR count). The van der Waals surface area contributed by atoms with Crippen LogP contribution < -0.4 is 4.43 Å². The number of hydrogen-bond acceptors (Lipinski definition) is 2. The molecule has 0 aromatic heterocycles. The van der Waals surface area contributed by atoms with E-state index in [0.29, 0.717) is 5.56 Å². The fraction of sp³-hybridized carbons (Fsp3) is 0.485. The number of aromatic carboxylic acids is 1. The molecule has 4 heteroatoms. The van der Waals surface area contributed by atoms with Crippen LogP contribution in [0.1, 0.15) is 75.2 Å². The zero-order valence-electron chi connectivity index (χ0n) is 22.9. The number of carbonyl (C=O) groups is 1. The van der Waals surface area contributed by atoms with Gasteiger partial charge in [-0.15, -0.1) is 0 Å². The highest BCUT2D eigenvalue weighted by atomic mass is 28.4. The Hall–Kier alpha value is -2.59. The van der Waals surface area contributed by atoms with Crippen molar-refractivity contribution in [2.45, 2.75) is 82.8 Å². The van der Waals surface area contributed by atoms with Crippen molar-refractivity contribution in [2.75, 3.05) is 0 Å². The lowest BCUT2D eigenvalue weighted by molar-refractivity contribution is -0.00580. The van der Waals surface area contributed by atoms with E-state index in [9.17, 15) is 9.90 Å². The summed E-state index contributed by atoms with van der Waals surface area (Å²) in [4.78, 5) is 11.4. The molecule has 0 atom stereocenters. The quantitative estimate of drug-likeness (QED) is 0.347. The summed E-state index contributed by atoms with van der Waals surface area (Å²) in [7, 11) is -2.03. The van der Waals surface area contributed by atoms with Gasteiger partial charge in [-0.3, -0.25) is 0 Å². The first-order chi connectivity index (χ1) is 17.4. The number of carboxylic acid groups (broad SMARTS) is 1. The molecule has 37 heavy (non-hydrogen) atoms. The average Bonchev–Trinajstić information content (AvgIpc) is 2.81. The van der Waals surface area contributed by atoms with E-state index < -0.39 is 14.3 Å². The predicted molar refractivity (Wildman–Crippen MR) is 154 cm³/mol. The Kier molecular flexibility index (Phi) is 5.65. The summed E-state index contributed by atoms with van der Waals surface area (Å²) in [6, 6.07) is 18.6. The maximum Gasteiger partial charge on any atom is 0.335 e. The molecule has 0 heterocycles. The van der Waals surface area contributed by atoms with E-state index in [1.54, 1.807) is 12.1 Å². The predicted octanol–water partition coefficient (Wildman–Crippen LogP) is 9.06. The minimum absolute atomic E-state index is 0.133. The molecule has 4 fully saturated rings. The Labute approximate surface area is 222 Å². The molecule has 3 aromatic carbocycles. The monoisotopic (exact) mass is 512 g/mol. The van der Waals surface area contributed by atoms with Gasteiger partial charge in [0.15, 0.2) is 0 Å². The highest BCUT2D eigenvalue weighted by Gasteiger charge is 2.53. The van der Waals surface area contributed by atoms with Gasteiger partial charge in [-0.1, -0.05) is 51.1 Å². The van der Waals surface area contributed by atoms with Crippen molar-refractivity contribution in [1.29, 1.82) is 0 Å². The van der Waals surface area contributed by atoms with Crippen molar-refractivity contribution < 1.29 is 14.3 Å². The molecule has 4 bridgehead atoms. The molecule has 0 unspecified atom stereocenters. The largest absolute Gasteiger partial charge is 0.543 e. The fourth-order valence-electron chi connectivity index (χ4n) is 7.72. The topological polar surface area (TPSA) is 46.5 Å². The molecule has 4 aliphatic carbocycles. The molecule has 1 N–H and O–H groups in total. The molecule has 4 aliphatic rings. The summed E-state index contributed by atoms with van der Waals surface area (Å²) in [5.74, 6) is 2.82. The summed E-state index contributed by atoms with van der Waals surface area (Å²) in [6.07, 6.45) is 8.17. The van der Waals surface area contributed by atoms with E-state index in [1.165, 1.54) is 60.4 Å². The SMILES string of the molecule is CC(C)(C)[Si](C)(C)Oc1cc2cccc(-c3ccc(C(=O)O)cc3)c2cc1C12CC3CC(CC(C3)C1)C2. The second-order valence-corrected chi connectivity index (χ2v) is 18.5. The summed E-state index contributed by atoms with van der Waals surface area (Å²) < 4.78 is 7.16. The minimum Gasteiger partial charge on any atom is -0.543 e. The highest BCUT2D eigenvalue weighted by molar-refractivity contribution is 6.74. The second kappa shape index (κ2) is 8.46. The second-order valence-electron chi connectivity index (χ2n) is 13.8. The van der Waals surface area contributed by atoms with Crippen LogP contribution in [0.25, 0.3) is 21.9 Å². The summed E-state index contributed by atoms with van der Waals surface area (Å²) in [5, 5.41) is 12.0. The van der Waals surface area contributed by atoms with E-state index >= 15 is 0 Å². The van der Waals surface area contributed by atoms with Crippen LogP contribution in [0, 0.1) is 17.8 Å². The van der Waals surface area contributed by atoms with Gasteiger partial charge in [0.1, 0.15) is 5.75 Å². The van der Waals surface area contributed by atoms with Crippen LogP contribution in [0.4, 0.5) is 0 Å². The molecule has 3 aromatic rings. The van der Waals surface area contributed by atoms with Crippen LogP contribution >= 0.6 is 0 Å². The van der Waals surface area contributed by atoms with Gasteiger partial charge < -0.3 is 9.53 Å². The molecule has 194 valence electrons. The molecular formula is C33H40O3Si. The lowest BCUT2D eigenvalue weighted by atomic mass is 9.48. The number of carboxylic acids is 1. The number of fused-ring (bicyclic) bond motifs is 1. The van der Waals surface area contributed by atoms with Crippen LogP contribution in [-0.2, 0) is 5.41 Å². The van der Waals surface area contributed by atoms with Crippen molar-refractivity contribution in [1.82, 2.24) is 0 Å². The molecule has 0 aliphatic heterocycles. The molecule has 0 spiro atoms. The maximum atomic E-state index is 11.4. The Morgan fingerprint density at radius 1 is 0.919 bits per heavy atom. The van der Waals surface area contributed by atoms with E-state index in [4.69, 9.17) is 4.43 Å². The zero-order chi connectivity index (χ0) is 26.2. The molecular weight excluding hydrogens is 472 g/mol. The van der Waals surface area contributed by atoms with Crippen molar-refractivity contribution in [3.05, 3.63) is 65.7 Å². The van der Waals surface area contributed by atoms with Crippen molar-refractivity contribution in [3.63, 3.8) is 0 Å². The standard InChI is InChI=1S/C33H40O3Si/c1-32(2,3)37(4,5)36-30-16-26-7-6-8-27(24-9-11-25(12-10-24)31(34)35)28(26)17-29(30)33-18-21-13-22(19-33)15-23(14-21)20-33/h6-12,16-17,21-23H,13-15,18-20H2,1-5H3,(H,34,35). The smallest absolute Gasteiger partial charge is 0.335 e. The first-order valence-electron chi connectivity index (χ1n) is 14.0. The van der Waals surface area contributed by atoms with E-state index in [0.717, 1.165) is 29.1 Å². The van der Waals surface area contributed by atoms with Crippen LogP contribution in [0.2, 0.25) is 18.1 Å². The molecule has 0 radical (unpaired) electrons. The lowest BCUT2D eigenvalue weighted by Crippen LogP contribution is -2.49. The molecule has 4 saturated carbocycles. The number of hydrogen-bond donors (Lipinski definition) is 1. The van der Waals surface area contributed by atoms with E-state index in [-0.39, 0.29) is 10.5 Å². The van der Waals surface area contributed by atoms with Crippen LogP contribution in [0.15, 0.2) is 54.6 Å². The normalized spacial score (nSPS) is 27.0. The molecule has 0 amide bonds. The van der Waals surface area contributed by atoms with Gasteiger partial charge in [-0.05, 0) is 132 Å². The van der Waals surface area contributed by atoms with Crippen molar-refractivity contribution in [2.24, 2.45) is 17.8 Å². The minimum atomic E-state index is -2.03. The molecule has 3 nitrogen and oxygen atoms in total.